The number of halogens is 3. The summed E-state index contributed by atoms with van der Waals surface area (Å²) in [4.78, 5) is 4.47. The summed E-state index contributed by atoms with van der Waals surface area (Å²) in [6.07, 6.45) is 4.46. The van der Waals surface area contributed by atoms with Gasteiger partial charge in [0.1, 0.15) is 30.0 Å². The Labute approximate surface area is 258 Å². The van der Waals surface area contributed by atoms with Crippen molar-refractivity contribution in [1.29, 1.82) is 5.26 Å². The van der Waals surface area contributed by atoms with Gasteiger partial charge in [0.2, 0.25) is 0 Å². The Bertz CT molecular complexity index is 1870. The van der Waals surface area contributed by atoms with Crippen LogP contribution in [0.25, 0.3) is 16.6 Å². The van der Waals surface area contributed by atoms with Crippen molar-refractivity contribution in [3.63, 3.8) is 0 Å². The molecule has 1 saturated carbocycles. The summed E-state index contributed by atoms with van der Waals surface area (Å²) >= 11 is 6.78. The van der Waals surface area contributed by atoms with Crippen molar-refractivity contribution < 1.29 is 8.78 Å². The Morgan fingerprint density at radius 3 is 2.57 bits per heavy atom. The van der Waals surface area contributed by atoms with Crippen LogP contribution in [-0.4, -0.2) is 47.7 Å². The summed E-state index contributed by atoms with van der Waals surface area (Å²) in [5.41, 5.74) is 3.90. The third-order valence-electron chi connectivity index (χ3n) is 7.94. The molecule has 3 aromatic heterocycles. The van der Waals surface area contributed by atoms with E-state index in [0.29, 0.717) is 57.9 Å². The summed E-state index contributed by atoms with van der Waals surface area (Å²) in [6.45, 7) is 8.88. The first-order valence-electron chi connectivity index (χ1n) is 14.2. The van der Waals surface area contributed by atoms with E-state index in [1.54, 1.807) is 29.5 Å². The molecule has 0 spiro atoms. The highest BCUT2D eigenvalue weighted by Crippen LogP contribution is 2.48. The minimum absolute atomic E-state index is 0.0522. The lowest BCUT2D eigenvalue weighted by Crippen LogP contribution is -2.26. The van der Waals surface area contributed by atoms with E-state index in [4.69, 9.17) is 11.6 Å². The number of alkyl halides is 2. The summed E-state index contributed by atoms with van der Waals surface area (Å²) in [7, 11) is 0. The van der Waals surface area contributed by atoms with Crippen LogP contribution in [0.15, 0.2) is 55.4 Å². The Morgan fingerprint density at radius 2 is 1.91 bits per heavy atom. The lowest BCUT2D eigenvalue weighted by molar-refractivity contribution is 0.0593. The van der Waals surface area contributed by atoms with Gasteiger partial charge in [-0.05, 0) is 54.5 Å². The fourth-order valence-corrected chi connectivity index (χ4v) is 5.58. The van der Waals surface area contributed by atoms with E-state index < -0.39 is 18.0 Å². The number of nitrogens with one attached hydrogen (secondary N) is 2. The summed E-state index contributed by atoms with van der Waals surface area (Å²) in [5, 5.41) is 34.3. The second-order valence-electron chi connectivity index (χ2n) is 12.4. The van der Waals surface area contributed by atoms with Crippen molar-refractivity contribution in [3.05, 3.63) is 82.8 Å². The lowest BCUT2D eigenvalue weighted by atomic mass is 9.96. The molecule has 1 atom stereocenters. The molecule has 0 unspecified atom stereocenters. The fraction of sp³-hybridized carbons (Fsp3) is 0.355. The van der Waals surface area contributed by atoms with Gasteiger partial charge in [0, 0.05) is 23.8 Å². The first kappa shape index (κ1) is 29.4. The third-order valence-corrected chi connectivity index (χ3v) is 8.23. The quantitative estimate of drug-likeness (QED) is 0.189. The molecule has 1 fully saturated rings. The van der Waals surface area contributed by atoms with Crippen molar-refractivity contribution in [2.24, 2.45) is 5.41 Å². The third kappa shape index (κ3) is 5.43. The molecular weight excluding hydrogens is 586 g/mol. The second kappa shape index (κ2) is 11.1. The zero-order valence-corrected chi connectivity index (χ0v) is 25.4. The lowest BCUT2D eigenvalue weighted by Gasteiger charge is -2.23. The molecule has 13 heteroatoms. The average molecular weight is 617 g/mol. The first-order valence-corrected chi connectivity index (χ1v) is 14.6. The van der Waals surface area contributed by atoms with Crippen LogP contribution in [0.1, 0.15) is 62.0 Å². The van der Waals surface area contributed by atoms with Gasteiger partial charge < -0.3 is 10.6 Å². The summed E-state index contributed by atoms with van der Waals surface area (Å²) in [6, 6.07) is 11.1. The smallest absolute Gasteiger partial charge is 0.263 e. The summed E-state index contributed by atoms with van der Waals surface area (Å²) < 4.78 is 31.1. The van der Waals surface area contributed by atoms with Crippen LogP contribution in [0.3, 0.4) is 0 Å². The van der Waals surface area contributed by atoms with E-state index in [0.717, 1.165) is 16.8 Å². The Kier molecular flexibility index (Phi) is 7.45. The molecule has 0 radical (unpaired) electrons. The Balaban J connectivity index is 1.48. The maximum absolute atomic E-state index is 14.0. The average Bonchev–Trinajstić information content (AvgIpc) is 3.36. The van der Waals surface area contributed by atoms with Crippen molar-refractivity contribution in [2.75, 3.05) is 17.2 Å². The number of nitriles is 1. The van der Waals surface area contributed by atoms with E-state index >= 15 is 0 Å². The number of benzene rings is 2. The maximum Gasteiger partial charge on any atom is 0.263 e. The monoisotopic (exact) mass is 616 g/mol. The molecule has 1 aliphatic carbocycles. The molecule has 3 heterocycles. The van der Waals surface area contributed by atoms with E-state index in [1.807, 2.05) is 31.2 Å². The van der Waals surface area contributed by atoms with Crippen LogP contribution in [0.5, 0.6) is 0 Å². The fourth-order valence-electron chi connectivity index (χ4n) is 5.31. The van der Waals surface area contributed by atoms with E-state index in [1.165, 1.54) is 10.9 Å². The maximum atomic E-state index is 14.0. The van der Waals surface area contributed by atoms with Crippen LogP contribution < -0.4 is 10.6 Å². The van der Waals surface area contributed by atoms with Crippen molar-refractivity contribution >= 4 is 33.9 Å². The first-order chi connectivity index (χ1) is 21.0. The van der Waals surface area contributed by atoms with Crippen molar-refractivity contribution in [3.8, 4) is 11.8 Å². The van der Waals surface area contributed by atoms with Crippen LogP contribution in [-0.2, 0) is 5.54 Å². The number of hydrogen-bond acceptors (Lipinski definition) is 8. The van der Waals surface area contributed by atoms with Gasteiger partial charge in [0.15, 0.2) is 0 Å². The van der Waals surface area contributed by atoms with Gasteiger partial charge in [-0.1, -0.05) is 49.7 Å². The number of nitrogens with zero attached hydrogens (tertiary/aromatic N) is 8. The normalized spacial score (nSPS) is 14.9. The number of rotatable bonds is 9. The molecule has 226 valence electrons. The van der Waals surface area contributed by atoms with Gasteiger partial charge in [-0.2, -0.15) is 5.26 Å². The van der Waals surface area contributed by atoms with Gasteiger partial charge in [0.05, 0.1) is 39.7 Å². The molecular formula is C31H31ClF2N10. The number of fused-ring (bicyclic) bond motifs is 1. The van der Waals surface area contributed by atoms with E-state index in [-0.39, 0.29) is 5.41 Å². The highest BCUT2D eigenvalue weighted by molar-refractivity contribution is 6.35. The molecule has 0 saturated heterocycles. The Hall–Kier alpha value is -4.63. The zero-order chi connectivity index (χ0) is 31.2. The van der Waals surface area contributed by atoms with Crippen molar-refractivity contribution in [1.82, 2.24) is 34.7 Å². The standard InChI is InChI=1S/C31H31ClF2N10/c1-18-21(6-5-7-25(18)43-16-38-39-17-43)28(24-14-44(42-41-24)31(8-9-31)29(33)34)40-20-10-22-26(37-15-30(2,3)4)19(12-35)13-36-27(22)23(32)11-20/h5-7,10-11,13-14,16-17,28-29,40H,8-9,15H2,1-4H3,(H,36,37)/t28-/m0/s1. The minimum Gasteiger partial charge on any atom is -0.383 e. The summed E-state index contributed by atoms with van der Waals surface area (Å²) in [5.74, 6) is 0. The van der Waals surface area contributed by atoms with Gasteiger partial charge in [0.25, 0.3) is 6.43 Å². The van der Waals surface area contributed by atoms with Crippen molar-refractivity contribution in [2.45, 2.75) is 58.5 Å². The highest BCUT2D eigenvalue weighted by atomic mass is 35.5. The predicted molar refractivity (Wildman–Crippen MR) is 164 cm³/mol. The van der Waals surface area contributed by atoms with Gasteiger partial charge in [-0.3, -0.25) is 9.55 Å². The number of anilines is 2. The minimum atomic E-state index is -2.55. The molecule has 6 rings (SSSR count). The molecule has 44 heavy (non-hydrogen) atoms. The van der Waals surface area contributed by atoms with Crippen LogP contribution in [0.4, 0.5) is 20.2 Å². The number of hydrogen-bond donors (Lipinski definition) is 2. The molecule has 2 N–H and O–H groups in total. The molecule has 5 aromatic rings. The molecule has 0 amide bonds. The Morgan fingerprint density at radius 1 is 1.16 bits per heavy atom. The predicted octanol–water partition coefficient (Wildman–Crippen LogP) is 6.65. The molecule has 0 bridgehead atoms. The molecule has 10 nitrogen and oxygen atoms in total. The van der Waals surface area contributed by atoms with E-state index in [2.05, 4.69) is 63.0 Å². The SMILES string of the molecule is Cc1c([C@H](Nc2cc(Cl)c3ncc(C#N)c(NCC(C)(C)C)c3c2)c2cn(C3(C(F)F)CC3)nn2)cccc1-n1cnnc1. The second-order valence-corrected chi connectivity index (χ2v) is 12.8. The number of aromatic nitrogens is 7. The van der Waals surface area contributed by atoms with Crippen LogP contribution in [0, 0.1) is 23.7 Å². The van der Waals surface area contributed by atoms with Crippen LogP contribution in [0.2, 0.25) is 5.02 Å². The van der Waals surface area contributed by atoms with Gasteiger partial charge in [-0.25, -0.2) is 13.5 Å². The topological polar surface area (TPSA) is 122 Å². The molecule has 2 aromatic carbocycles. The van der Waals surface area contributed by atoms with Crippen LogP contribution >= 0.6 is 11.6 Å². The number of pyridine rings is 1. The molecule has 0 aliphatic heterocycles. The zero-order valence-electron chi connectivity index (χ0n) is 24.7. The van der Waals surface area contributed by atoms with Gasteiger partial charge in [-0.15, -0.1) is 15.3 Å². The largest absolute Gasteiger partial charge is 0.383 e. The van der Waals surface area contributed by atoms with Gasteiger partial charge >= 0.3 is 0 Å². The van der Waals surface area contributed by atoms with E-state index in [9.17, 15) is 14.0 Å². The highest BCUT2D eigenvalue weighted by Gasteiger charge is 2.54. The molecule has 1 aliphatic rings.